The predicted molar refractivity (Wildman–Crippen MR) is 160 cm³/mol. The van der Waals surface area contributed by atoms with Crippen molar-refractivity contribution < 1.29 is 13.9 Å². The summed E-state index contributed by atoms with van der Waals surface area (Å²) in [5.74, 6) is 0.275. The number of fused-ring (bicyclic) bond motifs is 5. The molecule has 222 valence electrons. The van der Waals surface area contributed by atoms with Crippen molar-refractivity contribution in [3.63, 3.8) is 0 Å². The van der Waals surface area contributed by atoms with E-state index in [1.807, 2.05) is 50.9 Å². The molecule has 3 aromatic heterocycles. The Morgan fingerprint density at radius 1 is 1.02 bits per heavy atom. The van der Waals surface area contributed by atoms with Crippen LogP contribution in [-0.2, 0) is 18.2 Å². The molecule has 0 aliphatic carbocycles. The Balaban J connectivity index is 1.42. The quantitative estimate of drug-likeness (QED) is 0.282. The van der Waals surface area contributed by atoms with Crippen molar-refractivity contribution in [3.8, 4) is 17.2 Å². The lowest BCUT2D eigenvalue weighted by Crippen LogP contribution is -2.44. The molecule has 1 saturated heterocycles. The van der Waals surface area contributed by atoms with Crippen LogP contribution in [0.3, 0.4) is 0 Å². The van der Waals surface area contributed by atoms with Crippen molar-refractivity contribution in [2.75, 3.05) is 0 Å². The second-order valence-electron chi connectivity index (χ2n) is 12.7. The minimum Gasteiger partial charge on any atom is -0.444 e. The van der Waals surface area contributed by atoms with Crippen LogP contribution in [0.15, 0.2) is 53.7 Å². The van der Waals surface area contributed by atoms with Gasteiger partial charge >= 0.3 is 11.8 Å². The monoisotopic (exact) mass is 583 g/mol. The van der Waals surface area contributed by atoms with Gasteiger partial charge < -0.3 is 4.74 Å². The molecule has 10 nitrogen and oxygen atoms in total. The van der Waals surface area contributed by atoms with E-state index >= 15 is 0 Å². The second kappa shape index (κ2) is 9.42. The van der Waals surface area contributed by atoms with Crippen LogP contribution in [0.1, 0.15) is 62.0 Å². The molecule has 2 bridgehead atoms. The molecular weight excluding hydrogens is 549 g/mol. The lowest BCUT2D eigenvalue weighted by molar-refractivity contribution is 0.0124. The molecule has 0 saturated carbocycles. The van der Waals surface area contributed by atoms with E-state index in [2.05, 4.69) is 5.10 Å². The first-order chi connectivity index (χ1) is 20.4. The maximum Gasteiger partial charge on any atom is 0.411 e. The number of amides is 1. The minimum absolute atomic E-state index is 0.0484. The molecule has 2 aliphatic heterocycles. The van der Waals surface area contributed by atoms with Crippen molar-refractivity contribution in [1.29, 1.82) is 0 Å². The van der Waals surface area contributed by atoms with Gasteiger partial charge in [-0.3, -0.25) is 18.7 Å². The van der Waals surface area contributed by atoms with Crippen LogP contribution in [0.5, 0.6) is 0 Å². The number of carbonyl (C=O) groups is 1. The summed E-state index contributed by atoms with van der Waals surface area (Å²) in [4.78, 5) is 29.5. The van der Waals surface area contributed by atoms with Gasteiger partial charge in [0.1, 0.15) is 17.2 Å². The Morgan fingerprint density at radius 3 is 2.47 bits per heavy atom. The molecular formula is C32H34FN7O3. The zero-order chi connectivity index (χ0) is 30.4. The molecule has 11 heteroatoms. The number of aryl methyl sites for hydroxylation is 3. The van der Waals surface area contributed by atoms with Crippen LogP contribution in [0.2, 0.25) is 0 Å². The van der Waals surface area contributed by atoms with E-state index in [1.54, 1.807) is 63.1 Å². The third kappa shape index (κ3) is 4.28. The molecule has 0 N–H and O–H groups in total. The van der Waals surface area contributed by atoms with Gasteiger partial charge in [-0.1, -0.05) is 0 Å². The van der Waals surface area contributed by atoms with Gasteiger partial charge in [0.15, 0.2) is 0 Å². The third-order valence-electron chi connectivity index (χ3n) is 8.52. The van der Waals surface area contributed by atoms with E-state index in [0.29, 0.717) is 34.7 Å². The second-order valence-corrected chi connectivity index (χ2v) is 12.7. The highest BCUT2D eigenvalue weighted by molar-refractivity contribution is 5.80. The van der Waals surface area contributed by atoms with E-state index in [9.17, 15) is 14.0 Å². The Labute approximate surface area is 247 Å². The van der Waals surface area contributed by atoms with E-state index in [4.69, 9.17) is 9.84 Å². The normalized spacial score (nSPS) is 18.0. The van der Waals surface area contributed by atoms with Crippen molar-refractivity contribution in [3.05, 3.63) is 87.6 Å². The van der Waals surface area contributed by atoms with Gasteiger partial charge in [-0.25, -0.2) is 18.7 Å². The minimum atomic E-state index is -0.642. The van der Waals surface area contributed by atoms with Gasteiger partial charge in [-0.2, -0.15) is 10.2 Å². The van der Waals surface area contributed by atoms with Crippen molar-refractivity contribution >= 4 is 17.0 Å². The highest BCUT2D eigenvalue weighted by atomic mass is 19.1. The highest BCUT2D eigenvalue weighted by Gasteiger charge is 2.48. The molecule has 2 aromatic carbocycles. The van der Waals surface area contributed by atoms with Crippen LogP contribution in [0.25, 0.3) is 28.1 Å². The molecule has 0 unspecified atom stereocenters. The average molecular weight is 584 g/mol. The maximum atomic E-state index is 14.7. The van der Waals surface area contributed by atoms with Crippen LogP contribution >= 0.6 is 0 Å². The smallest absolute Gasteiger partial charge is 0.411 e. The number of carbonyl (C=O) groups excluding carboxylic acids is 1. The molecule has 1 amide bonds. The van der Waals surface area contributed by atoms with E-state index in [-0.39, 0.29) is 29.7 Å². The number of halogens is 1. The average Bonchev–Trinajstić information content (AvgIpc) is 3.69. The zero-order valence-corrected chi connectivity index (χ0v) is 25.1. The van der Waals surface area contributed by atoms with Gasteiger partial charge in [0, 0.05) is 42.9 Å². The fraction of sp³-hybridized carbons (Fsp3) is 0.375. The van der Waals surface area contributed by atoms with Crippen LogP contribution in [0, 0.1) is 19.7 Å². The standard InChI is InChI=1S/C32H34FN7O3/c1-18-13-23(14-19(2)28(18)33)40-29(27-24(35-40)16-22-8-10-26(27)39(22)31(42)43-32(3,4)5)38-12-11-37(30(38)41)21-7-9-25-20(15-21)17-34-36(25)6/h7,9,11-15,17,22,26H,8,10,16H2,1-6H3/t22-,26+/m1/s1. The lowest BCUT2D eigenvalue weighted by atomic mass is 9.99. The molecule has 0 radical (unpaired) electrons. The van der Waals surface area contributed by atoms with Crippen LogP contribution in [0.4, 0.5) is 9.18 Å². The molecule has 5 heterocycles. The number of hydrogen-bond donors (Lipinski definition) is 0. The summed E-state index contributed by atoms with van der Waals surface area (Å²) in [6.07, 6.45) is 6.94. The zero-order valence-electron chi connectivity index (χ0n) is 25.1. The first kappa shape index (κ1) is 27.2. The summed E-state index contributed by atoms with van der Waals surface area (Å²) < 4.78 is 27.2. The summed E-state index contributed by atoms with van der Waals surface area (Å²) >= 11 is 0. The molecule has 2 atom stereocenters. The van der Waals surface area contributed by atoms with Crippen molar-refractivity contribution in [2.24, 2.45) is 7.05 Å². The SMILES string of the molecule is Cc1cc(-n2nc3c(c2-n2ccn(-c4ccc5c(cnn5C)c4)c2=O)[C@@H]2CC[C@H](C3)N2C(=O)OC(C)(C)C)cc(C)c1F. The van der Waals surface area contributed by atoms with E-state index in [0.717, 1.165) is 35.0 Å². The number of hydrogen-bond acceptors (Lipinski definition) is 5. The molecule has 5 aromatic rings. The summed E-state index contributed by atoms with van der Waals surface area (Å²) in [6, 6.07) is 8.89. The number of rotatable bonds is 3. The Bertz CT molecular complexity index is 1970. The third-order valence-corrected chi connectivity index (χ3v) is 8.52. The highest BCUT2D eigenvalue weighted by Crippen LogP contribution is 2.47. The maximum absolute atomic E-state index is 14.7. The Morgan fingerprint density at radius 2 is 1.74 bits per heavy atom. The molecule has 0 spiro atoms. The van der Waals surface area contributed by atoms with E-state index in [1.165, 1.54) is 0 Å². The molecule has 7 rings (SSSR count). The van der Waals surface area contributed by atoms with Crippen LogP contribution in [-0.4, -0.2) is 51.3 Å². The van der Waals surface area contributed by atoms with E-state index < -0.39 is 5.60 Å². The number of nitrogens with zero attached hydrogens (tertiary/aromatic N) is 7. The number of imidazole rings is 1. The largest absolute Gasteiger partial charge is 0.444 e. The fourth-order valence-electron chi connectivity index (χ4n) is 6.63. The molecule has 2 aliphatic rings. The summed E-state index contributed by atoms with van der Waals surface area (Å²) in [5.41, 5.74) is 4.01. The summed E-state index contributed by atoms with van der Waals surface area (Å²) in [7, 11) is 1.88. The number of benzene rings is 2. The van der Waals surface area contributed by atoms with Gasteiger partial charge in [-0.05, 0) is 88.9 Å². The predicted octanol–water partition coefficient (Wildman–Crippen LogP) is 5.45. The summed E-state index contributed by atoms with van der Waals surface area (Å²) in [5, 5.41) is 10.3. The number of aromatic nitrogens is 6. The van der Waals surface area contributed by atoms with Gasteiger partial charge in [-0.15, -0.1) is 0 Å². The summed E-state index contributed by atoms with van der Waals surface area (Å²) in [6.45, 7) is 9.01. The number of ether oxygens (including phenoxy) is 1. The van der Waals surface area contributed by atoms with Gasteiger partial charge in [0.2, 0.25) is 0 Å². The van der Waals surface area contributed by atoms with Gasteiger partial charge in [0.05, 0.1) is 34.8 Å². The first-order valence-corrected chi connectivity index (χ1v) is 14.5. The molecule has 43 heavy (non-hydrogen) atoms. The molecule has 1 fully saturated rings. The van der Waals surface area contributed by atoms with Gasteiger partial charge in [0.25, 0.3) is 0 Å². The topological polar surface area (TPSA) is 92.1 Å². The van der Waals surface area contributed by atoms with Crippen molar-refractivity contribution in [2.45, 2.75) is 71.6 Å². The van der Waals surface area contributed by atoms with Crippen LogP contribution < -0.4 is 5.69 Å². The first-order valence-electron chi connectivity index (χ1n) is 14.5. The lowest BCUT2D eigenvalue weighted by Gasteiger charge is -2.35. The Kier molecular flexibility index (Phi) is 5.95. The fourth-order valence-corrected chi connectivity index (χ4v) is 6.63. The Hall–Kier alpha value is -4.67. The van der Waals surface area contributed by atoms with Crippen molar-refractivity contribution in [1.82, 2.24) is 33.6 Å².